The van der Waals surface area contributed by atoms with Crippen LogP contribution in [0.5, 0.6) is 0 Å². The number of aryl methyl sites for hydroxylation is 1. The van der Waals surface area contributed by atoms with Crippen molar-refractivity contribution in [1.29, 1.82) is 0 Å². The van der Waals surface area contributed by atoms with E-state index < -0.39 is 0 Å². The molecule has 0 radical (unpaired) electrons. The van der Waals surface area contributed by atoms with Gasteiger partial charge in [-0.05, 0) is 37.2 Å². The first kappa shape index (κ1) is 13.4. The monoisotopic (exact) mass is 257 g/mol. The standard InChI is InChI=1S/C15H19N3O/c1-12-5-3-4-6-14(12)17-15(19)11-18-8-7-13(10-18)9-16-2/h3-8,10,16H,9,11H2,1-2H3,(H,17,19). The number of carbonyl (C=O) groups is 1. The summed E-state index contributed by atoms with van der Waals surface area (Å²) in [6.45, 7) is 3.13. The molecule has 1 heterocycles. The molecule has 0 spiro atoms. The van der Waals surface area contributed by atoms with Gasteiger partial charge in [-0.25, -0.2) is 0 Å². The van der Waals surface area contributed by atoms with E-state index in [1.54, 1.807) is 0 Å². The summed E-state index contributed by atoms with van der Waals surface area (Å²) < 4.78 is 1.89. The zero-order valence-electron chi connectivity index (χ0n) is 11.3. The summed E-state index contributed by atoms with van der Waals surface area (Å²) >= 11 is 0. The fourth-order valence-corrected chi connectivity index (χ4v) is 1.97. The molecule has 2 aromatic rings. The lowest BCUT2D eigenvalue weighted by atomic mass is 10.2. The predicted octanol–water partition coefficient (Wildman–Crippen LogP) is 2.15. The van der Waals surface area contributed by atoms with Crippen LogP contribution in [-0.2, 0) is 17.9 Å². The van der Waals surface area contributed by atoms with Crippen molar-refractivity contribution < 1.29 is 4.79 Å². The summed E-state index contributed by atoms with van der Waals surface area (Å²) in [5.74, 6) is -0.0130. The van der Waals surface area contributed by atoms with Crippen molar-refractivity contribution in [2.45, 2.75) is 20.0 Å². The third kappa shape index (κ3) is 3.69. The minimum atomic E-state index is -0.0130. The van der Waals surface area contributed by atoms with Crippen LogP contribution < -0.4 is 10.6 Å². The van der Waals surface area contributed by atoms with Crippen LogP contribution in [0.4, 0.5) is 5.69 Å². The molecule has 1 aromatic heterocycles. The Kier molecular flexibility index (Phi) is 4.36. The van der Waals surface area contributed by atoms with E-state index in [2.05, 4.69) is 10.6 Å². The molecule has 0 saturated heterocycles. The molecule has 0 unspecified atom stereocenters. The lowest BCUT2D eigenvalue weighted by molar-refractivity contribution is -0.116. The van der Waals surface area contributed by atoms with Gasteiger partial charge < -0.3 is 15.2 Å². The van der Waals surface area contributed by atoms with Crippen LogP contribution in [0.15, 0.2) is 42.7 Å². The molecule has 0 saturated carbocycles. The summed E-state index contributed by atoms with van der Waals surface area (Å²) in [5, 5.41) is 6.01. The van der Waals surface area contributed by atoms with Crippen molar-refractivity contribution in [2.75, 3.05) is 12.4 Å². The SMILES string of the molecule is CNCc1ccn(CC(=O)Nc2ccccc2C)c1. The first-order valence-electron chi connectivity index (χ1n) is 6.34. The van der Waals surface area contributed by atoms with Gasteiger partial charge in [0.15, 0.2) is 0 Å². The predicted molar refractivity (Wildman–Crippen MR) is 77.0 cm³/mol. The number of hydrogen-bond acceptors (Lipinski definition) is 2. The summed E-state index contributed by atoms with van der Waals surface area (Å²) in [4.78, 5) is 12.0. The average molecular weight is 257 g/mol. The molecule has 4 nitrogen and oxygen atoms in total. The first-order chi connectivity index (χ1) is 9.19. The minimum Gasteiger partial charge on any atom is -0.345 e. The molecule has 0 fully saturated rings. The number of amides is 1. The van der Waals surface area contributed by atoms with Crippen molar-refractivity contribution in [3.05, 3.63) is 53.9 Å². The van der Waals surface area contributed by atoms with E-state index in [0.717, 1.165) is 17.8 Å². The number of para-hydroxylation sites is 1. The van der Waals surface area contributed by atoms with E-state index in [9.17, 15) is 4.79 Å². The molecule has 2 rings (SSSR count). The van der Waals surface area contributed by atoms with Crippen molar-refractivity contribution >= 4 is 11.6 Å². The van der Waals surface area contributed by atoms with E-state index in [4.69, 9.17) is 0 Å². The van der Waals surface area contributed by atoms with Gasteiger partial charge in [0.1, 0.15) is 6.54 Å². The maximum absolute atomic E-state index is 12.0. The van der Waals surface area contributed by atoms with Gasteiger partial charge in [0.05, 0.1) is 0 Å². The fourth-order valence-electron chi connectivity index (χ4n) is 1.97. The molecule has 2 N–H and O–H groups in total. The lowest BCUT2D eigenvalue weighted by Crippen LogP contribution is -2.18. The Morgan fingerprint density at radius 3 is 2.79 bits per heavy atom. The van der Waals surface area contributed by atoms with Crippen LogP contribution >= 0.6 is 0 Å². The zero-order chi connectivity index (χ0) is 13.7. The van der Waals surface area contributed by atoms with Crippen molar-refractivity contribution in [1.82, 2.24) is 9.88 Å². The summed E-state index contributed by atoms with van der Waals surface area (Å²) in [6.07, 6.45) is 3.90. The number of aromatic nitrogens is 1. The first-order valence-corrected chi connectivity index (χ1v) is 6.34. The molecule has 0 atom stereocenters. The second-order valence-electron chi connectivity index (χ2n) is 4.59. The highest BCUT2D eigenvalue weighted by Crippen LogP contribution is 2.13. The quantitative estimate of drug-likeness (QED) is 0.862. The van der Waals surface area contributed by atoms with Gasteiger partial charge in [0.2, 0.25) is 5.91 Å². The molecule has 0 bridgehead atoms. The number of anilines is 1. The van der Waals surface area contributed by atoms with Crippen molar-refractivity contribution in [3.8, 4) is 0 Å². The second kappa shape index (κ2) is 6.20. The number of benzene rings is 1. The molecule has 100 valence electrons. The largest absolute Gasteiger partial charge is 0.345 e. The Bertz CT molecular complexity index is 560. The van der Waals surface area contributed by atoms with Gasteiger partial charge in [-0.1, -0.05) is 18.2 Å². The molecule has 1 amide bonds. The van der Waals surface area contributed by atoms with E-state index in [1.807, 2.05) is 61.3 Å². The van der Waals surface area contributed by atoms with Crippen LogP contribution in [-0.4, -0.2) is 17.5 Å². The summed E-state index contributed by atoms with van der Waals surface area (Å²) in [7, 11) is 1.90. The van der Waals surface area contributed by atoms with Crippen LogP contribution in [0.25, 0.3) is 0 Å². The fraction of sp³-hybridized carbons (Fsp3) is 0.267. The van der Waals surface area contributed by atoms with E-state index >= 15 is 0 Å². The van der Waals surface area contributed by atoms with Crippen molar-refractivity contribution in [3.63, 3.8) is 0 Å². The smallest absolute Gasteiger partial charge is 0.244 e. The maximum atomic E-state index is 12.0. The number of carbonyl (C=O) groups excluding carboxylic acids is 1. The van der Waals surface area contributed by atoms with E-state index in [1.165, 1.54) is 5.56 Å². The zero-order valence-corrected chi connectivity index (χ0v) is 11.3. The van der Waals surface area contributed by atoms with E-state index in [-0.39, 0.29) is 5.91 Å². The topological polar surface area (TPSA) is 46.1 Å². The van der Waals surface area contributed by atoms with Crippen molar-refractivity contribution in [2.24, 2.45) is 0 Å². The molecule has 0 aliphatic carbocycles. The van der Waals surface area contributed by atoms with Gasteiger partial charge in [-0.15, -0.1) is 0 Å². The highest BCUT2D eigenvalue weighted by Gasteiger charge is 2.05. The molecule has 1 aromatic carbocycles. The van der Waals surface area contributed by atoms with Gasteiger partial charge in [0, 0.05) is 24.6 Å². The minimum absolute atomic E-state index is 0.0130. The van der Waals surface area contributed by atoms with E-state index in [0.29, 0.717) is 6.54 Å². The average Bonchev–Trinajstić information content (AvgIpc) is 2.80. The molecular weight excluding hydrogens is 238 g/mol. The van der Waals surface area contributed by atoms with Crippen LogP contribution in [0, 0.1) is 6.92 Å². The molecule has 4 heteroatoms. The number of nitrogens with zero attached hydrogens (tertiary/aromatic N) is 1. The Labute approximate surface area is 113 Å². The van der Waals surface area contributed by atoms with Gasteiger partial charge in [0.25, 0.3) is 0 Å². The molecule has 0 aliphatic rings. The Balaban J connectivity index is 1.95. The third-order valence-electron chi connectivity index (χ3n) is 2.94. The summed E-state index contributed by atoms with van der Waals surface area (Å²) in [6, 6.07) is 9.79. The Morgan fingerprint density at radius 1 is 1.26 bits per heavy atom. The van der Waals surface area contributed by atoms with Crippen LogP contribution in [0.1, 0.15) is 11.1 Å². The van der Waals surface area contributed by atoms with Gasteiger partial charge >= 0.3 is 0 Å². The Morgan fingerprint density at radius 2 is 2.05 bits per heavy atom. The highest BCUT2D eigenvalue weighted by atomic mass is 16.1. The maximum Gasteiger partial charge on any atom is 0.244 e. The number of nitrogens with one attached hydrogen (secondary N) is 2. The van der Waals surface area contributed by atoms with Crippen LogP contribution in [0.3, 0.4) is 0 Å². The normalized spacial score (nSPS) is 10.4. The van der Waals surface area contributed by atoms with Gasteiger partial charge in [-0.3, -0.25) is 4.79 Å². The molecule has 19 heavy (non-hydrogen) atoms. The number of hydrogen-bond donors (Lipinski definition) is 2. The second-order valence-corrected chi connectivity index (χ2v) is 4.59. The number of rotatable bonds is 5. The molecular formula is C15H19N3O. The van der Waals surface area contributed by atoms with Crippen LogP contribution in [0.2, 0.25) is 0 Å². The Hall–Kier alpha value is -2.07. The summed E-state index contributed by atoms with van der Waals surface area (Å²) in [5.41, 5.74) is 3.11. The highest BCUT2D eigenvalue weighted by molar-refractivity contribution is 5.91. The van der Waals surface area contributed by atoms with Gasteiger partial charge in [-0.2, -0.15) is 0 Å². The third-order valence-corrected chi connectivity index (χ3v) is 2.94. The lowest BCUT2D eigenvalue weighted by Gasteiger charge is -2.08. The molecule has 0 aliphatic heterocycles.